The van der Waals surface area contributed by atoms with Crippen LogP contribution in [0.1, 0.15) is 43.0 Å². The van der Waals surface area contributed by atoms with E-state index in [1.165, 1.54) is 6.07 Å². The minimum atomic E-state index is -0.534. The first kappa shape index (κ1) is 19.2. The van der Waals surface area contributed by atoms with E-state index < -0.39 is 5.82 Å². The normalized spacial score (nSPS) is 9.90. The zero-order chi connectivity index (χ0) is 20.9. The van der Waals surface area contributed by atoms with Crippen molar-refractivity contribution in [1.29, 1.82) is 0 Å². The number of aromatic nitrogens is 2. The lowest BCUT2D eigenvalue weighted by atomic mass is 10.1. The van der Waals surface area contributed by atoms with Gasteiger partial charge in [0.1, 0.15) is 29.4 Å². The van der Waals surface area contributed by atoms with Crippen LogP contribution in [-0.4, -0.2) is 21.3 Å². The maximum atomic E-state index is 14.8. The first-order valence-electron chi connectivity index (χ1n) is 8.77. The number of benzene rings is 3. The van der Waals surface area contributed by atoms with Crippen LogP contribution in [0.4, 0.5) is 4.39 Å². The molecule has 0 N–H and O–H groups in total. The first-order valence-corrected chi connectivity index (χ1v) is 9.50. The fourth-order valence-corrected chi connectivity index (χ4v) is 3.25. The van der Waals surface area contributed by atoms with Crippen LogP contribution in [-0.2, 0) is 0 Å². The van der Waals surface area contributed by atoms with E-state index in [-0.39, 0.29) is 5.56 Å². The molecule has 30 heavy (non-hydrogen) atoms. The van der Waals surface area contributed by atoms with Crippen LogP contribution in [0.5, 0.6) is 0 Å². The van der Waals surface area contributed by atoms with Crippen molar-refractivity contribution in [2.75, 3.05) is 0 Å². The molecule has 142 valence electrons. The quantitative estimate of drug-likeness (QED) is 0.366. The number of rotatable bonds is 2. The Morgan fingerprint density at radius 1 is 0.733 bits per heavy atom. The van der Waals surface area contributed by atoms with Gasteiger partial charge in [0, 0.05) is 22.3 Å². The topological polar surface area (TPSA) is 59.9 Å². The van der Waals surface area contributed by atoms with E-state index in [1.54, 1.807) is 48.5 Å². The number of carbonyl (C=O) groups is 2. The molecule has 1 aromatic heterocycles. The van der Waals surface area contributed by atoms with E-state index in [9.17, 15) is 14.0 Å². The van der Waals surface area contributed by atoms with Crippen molar-refractivity contribution < 1.29 is 14.0 Å². The Hall–Kier alpha value is -4.13. The molecule has 0 aliphatic carbocycles. The minimum Gasteiger partial charge on any atom is -0.298 e. The van der Waals surface area contributed by atoms with Crippen molar-refractivity contribution in [3.63, 3.8) is 0 Å². The molecule has 0 aliphatic rings. The van der Waals surface area contributed by atoms with Crippen molar-refractivity contribution in [3.05, 3.63) is 93.8 Å². The first-order chi connectivity index (χ1) is 14.7. The van der Waals surface area contributed by atoms with Crippen molar-refractivity contribution in [2.45, 2.75) is 0 Å². The summed E-state index contributed by atoms with van der Waals surface area (Å²) in [5.41, 5.74) is 3.86. The second-order valence-corrected chi connectivity index (χ2v) is 6.75. The molecule has 0 spiro atoms. The molecule has 0 unspecified atom stereocenters. The predicted molar refractivity (Wildman–Crippen MR) is 113 cm³/mol. The third-order valence-electron chi connectivity index (χ3n) is 4.26. The summed E-state index contributed by atoms with van der Waals surface area (Å²) in [6.45, 7) is 0. The van der Waals surface area contributed by atoms with Gasteiger partial charge in [0.15, 0.2) is 0 Å². The number of carbonyl (C=O) groups excluding carboxylic acids is 2. The van der Waals surface area contributed by atoms with Crippen LogP contribution in [0, 0.1) is 29.5 Å². The number of aldehydes is 2. The summed E-state index contributed by atoms with van der Waals surface area (Å²) < 4.78 is 23.2. The molecule has 4 aromatic rings. The fourth-order valence-electron chi connectivity index (χ4n) is 2.69. The summed E-state index contributed by atoms with van der Waals surface area (Å²) >= 11 is 0.963. The highest BCUT2D eigenvalue weighted by molar-refractivity contribution is 7.00. The van der Waals surface area contributed by atoms with Crippen LogP contribution in [0.25, 0.3) is 11.0 Å². The number of hydrogen-bond acceptors (Lipinski definition) is 5. The maximum Gasteiger partial charge on any atom is 0.150 e. The smallest absolute Gasteiger partial charge is 0.150 e. The summed E-state index contributed by atoms with van der Waals surface area (Å²) in [7, 11) is 0. The summed E-state index contributed by atoms with van der Waals surface area (Å²) in [5.74, 6) is 11.1. The van der Waals surface area contributed by atoms with Gasteiger partial charge in [-0.05, 0) is 30.3 Å². The van der Waals surface area contributed by atoms with Gasteiger partial charge in [-0.2, -0.15) is 8.75 Å². The van der Waals surface area contributed by atoms with E-state index >= 15 is 0 Å². The van der Waals surface area contributed by atoms with Crippen molar-refractivity contribution in [2.24, 2.45) is 0 Å². The molecule has 0 atom stereocenters. The molecule has 6 heteroatoms. The molecule has 1 heterocycles. The van der Waals surface area contributed by atoms with E-state index in [2.05, 4.69) is 32.4 Å². The van der Waals surface area contributed by atoms with Crippen LogP contribution in [0.15, 0.2) is 54.6 Å². The van der Waals surface area contributed by atoms with Gasteiger partial charge in [0.25, 0.3) is 0 Å². The molecule has 3 aromatic carbocycles. The average Bonchev–Trinajstić information content (AvgIpc) is 3.27. The lowest BCUT2D eigenvalue weighted by Gasteiger charge is -1.99. The Balaban J connectivity index is 1.71. The van der Waals surface area contributed by atoms with E-state index in [0.29, 0.717) is 38.9 Å². The molecule has 0 saturated carbocycles. The summed E-state index contributed by atoms with van der Waals surface area (Å²) in [6, 6.07) is 14.8. The fraction of sp³-hybridized carbons (Fsp3) is 0. The van der Waals surface area contributed by atoms with Gasteiger partial charge >= 0.3 is 0 Å². The second-order valence-electron chi connectivity index (χ2n) is 6.22. The Bertz CT molecular complexity index is 1380. The third kappa shape index (κ3) is 4.00. The van der Waals surface area contributed by atoms with Gasteiger partial charge in [-0.3, -0.25) is 9.59 Å². The monoisotopic (exact) mass is 410 g/mol. The number of fused-ring (bicyclic) bond motifs is 1. The predicted octanol–water partition coefficient (Wildman–Crippen LogP) is 4.26. The second kappa shape index (κ2) is 8.48. The molecule has 4 rings (SSSR count). The van der Waals surface area contributed by atoms with Gasteiger partial charge in [-0.1, -0.05) is 47.9 Å². The molecule has 0 saturated heterocycles. The third-order valence-corrected chi connectivity index (χ3v) is 4.79. The molecule has 4 nitrogen and oxygen atoms in total. The Labute approximate surface area is 175 Å². The van der Waals surface area contributed by atoms with Gasteiger partial charge in [-0.25, -0.2) is 4.39 Å². The van der Waals surface area contributed by atoms with Crippen LogP contribution in [0.3, 0.4) is 0 Å². The Morgan fingerprint density at radius 2 is 1.27 bits per heavy atom. The zero-order valence-electron chi connectivity index (χ0n) is 15.3. The molecule has 0 aliphatic heterocycles. The van der Waals surface area contributed by atoms with Crippen LogP contribution in [0.2, 0.25) is 0 Å². The van der Waals surface area contributed by atoms with Gasteiger partial charge in [0.05, 0.1) is 22.9 Å². The lowest BCUT2D eigenvalue weighted by Crippen LogP contribution is -1.91. The van der Waals surface area contributed by atoms with Crippen molar-refractivity contribution in [1.82, 2.24) is 8.75 Å². The zero-order valence-corrected chi connectivity index (χ0v) is 16.2. The number of hydrogen-bond donors (Lipinski definition) is 0. The Kier molecular flexibility index (Phi) is 5.43. The SMILES string of the molecule is O=Cc1ccc(C#Cc2cc(F)c(C#Cc3ccc(C=O)cc3)c3nsnc23)cc1. The summed E-state index contributed by atoms with van der Waals surface area (Å²) in [5, 5.41) is 0. The largest absolute Gasteiger partial charge is 0.298 e. The maximum absolute atomic E-state index is 14.8. The van der Waals surface area contributed by atoms with E-state index in [0.717, 1.165) is 24.3 Å². The summed E-state index contributed by atoms with van der Waals surface area (Å²) in [6.07, 6.45) is 1.51. The lowest BCUT2D eigenvalue weighted by molar-refractivity contribution is 0.111. The standard InChI is InChI=1S/C24H11FN2O2S/c25-22-13-20(11-9-16-1-5-18(14-28)6-2-16)23-24(27-30-26-23)21(22)12-10-17-3-7-19(15-29)8-4-17/h1-8,13-15H. The summed E-state index contributed by atoms with van der Waals surface area (Å²) in [4.78, 5) is 21.5. The minimum absolute atomic E-state index is 0.152. The molecule has 0 fully saturated rings. The molecular weight excluding hydrogens is 399 g/mol. The van der Waals surface area contributed by atoms with Gasteiger partial charge in [-0.15, -0.1) is 0 Å². The van der Waals surface area contributed by atoms with Gasteiger partial charge < -0.3 is 0 Å². The van der Waals surface area contributed by atoms with Crippen molar-refractivity contribution in [3.8, 4) is 23.7 Å². The number of nitrogens with zero attached hydrogens (tertiary/aromatic N) is 2. The molecule has 0 amide bonds. The van der Waals surface area contributed by atoms with Crippen molar-refractivity contribution >= 4 is 35.3 Å². The highest BCUT2D eigenvalue weighted by Gasteiger charge is 2.13. The van der Waals surface area contributed by atoms with Crippen LogP contribution < -0.4 is 0 Å². The molecule has 0 bridgehead atoms. The van der Waals surface area contributed by atoms with E-state index in [1.807, 2.05) is 0 Å². The van der Waals surface area contributed by atoms with Gasteiger partial charge in [0.2, 0.25) is 0 Å². The van der Waals surface area contributed by atoms with Crippen LogP contribution >= 0.6 is 11.7 Å². The highest BCUT2D eigenvalue weighted by Crippen LogP contribution is 2.23. The Morgan fingerprint density at radius 3 is 1.83 bits per heavy atom. The number of halogens is 1. The average molecular weight is 410 g/mol. The molecular formula is C24H11FN2O2S. The highest BCUT2D eigenvalue weighted by atomic mass is 32.1. The van der Waals surface area contributed by atoms with E-state index in [4.69, 9.17) is 0 Å². The molecule has 0 radical (unpaired) electrons.